The van der Waals surface area contributed by atoms with Gasteiger partial charge in [0.15, 0.2) is 5.78 Å². The van der Waals surface area contributed by atoms with Crippen LogP contribution in [0.5, 0.6) is 0 Å². The van der Waals surface area contributed by atoms with E-state index in [1.807, 2.05) is 0 Å². The van der Waals surface area contributed by atoms with Crippen molar-refractivity contribution in [1.29, 1.82) is 0 Å². The van der Waals surface area contributed by atoms with Crippen molar-refractivity contribution in [2.24, 2.45) is 5.92 Å². The lowest BCUT2D eigenvalue weighted by atomic mass is 10.0. The molecule has 0 spiro atoms. The van der Waals surface area contributed by atoms with Gasteiger partial charge in [-0.25, -0.2) is 13.1 Å². The highest BCUT2D eigenvalue weighted by Crippen LogP contribution is 2.03. The fourth-order valence-electron chi connectivity index (χ4n) is 1.45. The lowest BCUT2D eigenvalue weighted by molar-refractivity contribution is -0.174. The van der Waals surface area contributed by atoms with E-state index in [0.29, 0.717) is 13.0 Å². The first kappa shape index (κ1) is 19.5. The molecule has 7 nitrogen and oxygen atoms in total. The molecule has 0 saturated carbocycles. The number of carbonyl (C=O) groups excluding carboxylic acids is 1. The second kappa shape index (κ2) is 9.41. The summed E-state index contributed by atoms with van der Waals surface area (Å²) in [4.78, 5) is 16.9. The molecule has 0 aromatic heterocycles. The standard InChI is InChI=1S/C12H25N2O5S/c1-5-7-14(9-11(15)12(16)10(2)3)19-8-6-13-20(4,17)18/h10-11,13,15H,1,5-9H2,2-4H3. The Hall–Kier alpha value is -0.540. The van der Waals surface area contributed by atoms with Gasteiger partial charge in [-0.15, -0.1) is 0 Å². The Kier molecular flexibility index (Phi) is 9.15. The number of ketones is 1. The minimum Gasteiger partial charge on any atom is -0.384 e. The minimum atomic E-state index is -3.25. The number of carbonyl (C=O) groups is 1. The van der Waals surface area contributed by atoms with Crippen LogP contribution in [0.15, 0.2) is 0 Å². The fraction of sp³-hybridized carbons (Fsp3) is 0.833. The van der Waals surface area contributed by atoms with Gasteiger partial charge >= 0.3 is 0 Å². The summed E-state index contributed by atoms with van der Waals surface area (Å²) in [5, 5.41) is 11.2. The molecule has 0 aliphatic rings. The smallest absolute Gasteiger partial charge is 0.208 e. The number of rotatable bonds is 11. The largest absolute Gasteiger partial charge is 0.384 e. The molecule has 0 fully saturated rings. The number of nitrogens with one attached hydrogen (secondary N) is 1. The topological polar surface area (TPSA) is 95.9 Å². The van der Waals surface area contributed by atoms with Crippen molar-refractivity contribution >= 4 is 15.8 Å². The van der Waals surface area contributed by atoms with E-state index in [0.717, 1.165) is 6.26 Å². The molecule has 1 atom stereocenters. The molecule has 0 aliphatic heterocycles. The molecule has 0 amide bonds. The van der Waals surface area contributed by atoms with E-state index in [-0.39, 0.29) is 31.4 Å². The number of hydroxylamine groups is 2. The van der Waals surface area contributed by atoms with Crippen LogP contribution in [0, 0.1) is 12.8 Å². The van der Waals surface area contributed by atoms with Crippen molar-refractivity contribution in [3.8, 4) is 0 Å². The van der Waals surface area contributed by atoms with Crippen molar-refractivity contribution in [2.75, 3.05) is 32.5 Å². The van der Waals surface area contributed by atoms with Gasteiger partial charge in [-0.2, -0.15) is 5.06 Å². The molecule has 1 unspecified atom stereocenters. The maximum absolute atomic E-state index is 11.6. The molecule has 1 radical (unpaired) electrons. The molecule has 0 aromatic carbocycles. The van der Waals surface area contributed by atoms with Crippen LogP contribution in [-0.4, -0.2) is 63.0 Å². The van der Waals surface area contributed by atoms with Gasteiger partial charge in [0.25, 0.3) is 0 Å². The highest BCUT2D eigenvalue weighted by atomic mass is 32.2. The number of hydrogen-bond donors (Lipinski definition) is 2. The number of sulfonamides is 1. The van der Waals surface area contributed by atoms with E-state index < -0.39 is 16.1 Å². The quantitative estimate of drug-likeness (QED) is 0.397. The lowest BCUT2D eigenvalue weighted by Crippen LogP contribution is -2.40. The van der Waals surface area contributed by atoms with Gasteiger partial charge in [0, 0.05) is 19.0 Å². The Balaban J connectivity index is 4.19. The maximum atomic E-state index is 11.6. The summed E-state index contributed by atoms with van der Waals surface area (Å²) in [5.74, 6) is -0.504. The molecule has 0 heterocycles. The molecular formula is C12H25N2O5S. The second-order valence-electron chi connectivity index (χ2n) is 4.81. The van der Waals surface area contributed by atoms with Crippen LogP contribution in [0.25, 0.3) is 0 Å². The van der Waals surface area contributed by atoms with Crippen LogP contribution < -0.4 is 4.72 Å². The number of aliphatic hydroxyl groups is 1. The van der Waals surface area contributed by atoms with Gasteiger partial charge in [0.05, 0.1) is 19.4 Å². The van der Waals surface area contributed by atoms with E-state index in [2.05, 4.69) is 11.6 Å². The highest BCUT2D eigenvalue weighted by molar-refractivity contribution is 7.88. The number of Topliss-reactive ketones (excluding diaryl/α,β-unsaturated/α-hetero) is 1. The Labute approximate surface area is 121 Å². The predicted molar refractivity (Wildman–Crippen MR) is 76.2 cm³/mol. The zero-order chi connectivity index (χ0) is 15.8. The summed E-state index contributed by atoms with van der Waals surface area (Å²) in [6.45, 7) is 7.85. The van der Waals surface area contributed by atoms with Crippen LogP contribution in [0.4, 0.5) is 0 Å². The summed E-state index contributed by atoms with van der Waals surface area (Å²) in [6, 6.07) is 0. The zero-order valence-corrected chi connectivity index (χ0v) is 13.1. The second-order valence-corrected chi connectivity index (χ2v) is 6.65. The lowest BCUT2D eigenvalue weighted by Gasteiger charge is -2.24. The van der Waals surface area contributed by atoms with Gasteiger partial charge < -0.3 is 5.11 Å². The van der Waals surface area contributed by atoms with E-state index in [1.54, 1.807) is 13.8 Å². The van der Waals surface area contributed by atoms with Gasteiger partial charge in [0.2, 0.25) is 10.0 Å². The Morgan fingerprint density at radius 1 is 1.45 bits per heavy atom. The predicted octanol–water partition coefficient (Wildman–Crippen LogP) is -0.421. The van der Waals surface area contributed by atoms with Crippen molar-refractivity contribution in [3.63, 3.8) is 0 Å². The normalized spacial score (nSPS) is 13.9. The van der Waals surface area contributed by atoms with Gasteiger partial charge in [-0.05, 0) is 6.42 Å². The summed E-state index contributed by atoms with van der Waals surface area (Å²) in [6.07, 6.45) is 0.484. The van der Waals surface area contributed by atoms with Crippen molar-refractivity contribution in [1.82, 2.24) is 9.79 Å². The summed E-state index contributed by atoms with van der Waals surface area (Å²) < 4.78 is 24.0. The van der Waals surface area contributed by atoms with Crippen molar-refractivity contribution in [2.45, 2.75) is 26.4 Å². The molecule has 8 heteroatoms. The van der Waals surface area contributed by atoms with Crippen molar-refractivity contribution < 1.29 is 23.2 Å². The van der Waals surface area contributed by atoms with Crippen LogP contribution in [0.1, 0.15) is 20.3 Å². The van der Waals surface area contributed by atoms with Gasteiger partial charge in [0.1, 0.15) is 6.10 Å². The Morgan fingerprint density at radius 2 is 2.05 bits per heavy atom. The van der Waals surface area contributed by atoms with E-state index in [4.69, 9.17) is 4.84 Å². The number of hydrogen-bond acceptors (Lipinski definition) is 6. The third-order valence-electron chi connectivity index (χ3n) is 2.42. The molecule has 119 valence electrons. The number of nitrogens with zero attached hydrogens (tertiary/aromatic N) is 1. The van der Waals surface area contributed by atoms with Crippen LogP contribution in [0.3, 0.4) is 0 Å². The first-order valence-corrected chi connectivity index (χ1v) is 8.40. The minimum absolute atomic E-state index is 0.0470. The first-order chi connectivity index (χ1) is 9.17. The third kappa shape index (κ3) is 9.38. The molecule has 20 heavy (non-hydrogen) atoms. The highest BCUT2D eigenvalue weighted by Gasteiger charge is 2.21. The molecule has 0 aromatic rings. The molecule has 0 saturated heterocycles. The average molecular weight is 309 g/mol. The van der Waals surface area contributed by atoms with Crippen LogP contribution in [0.2, 0.25) is 0 Å². The summed E-state index contributed by atoms with van der Waals surface area (Å²) >= 11 is 0. The van der Waals surface area contributed by atoms with Crippen molar-refractivity contribution in [3.05, 3.63) is 6.92 Å². The molecule has 0 rings (SSSR count). The maximum Gasteiger partial charge on any atom is 0.208 e. The number of aliphatic hydroxyl groups excluding tert-OH is 1. The Bertz CT molecular complexity index is 383. The van der Waals surface area contributed by atoms with Gasteiger partial charge in [-0.1, -0.05) is 20.8 Å². The average Bonchev–Trinajstić information content (AvgIpc) is 2.32. The molecule has 0 bridgehead atoms. The summed E-state index contributed by atoms with van der Waals surface area (Å²) in [7, 11) is -3.25. The molecular weight excluding hydrogens is 284 g/mol. The fourth-order valence-corrected chi connectivity index (χ4v) is 1.91. The first-order valence-electron chi connectivity index (χ1n) is 6.51. The van der Waals surface area contributed by atoms with E-state index in [1.165, 1.54) is 5.06 Å². The third-order valence-corrected chi connectivity index (χ3v) is 3.15. The SMILES string of the molecule is [CH2]CCN(CC(O)C(=O)C(C)C)OCCNS(C)(=O)=O. The molecule has 0 aliphatic carbocycles. The zero-order valence-electron chi connectivity index (χ0n) is 12.3. The van der Waals surface area contributed by atoms with E-state index >= 15 is 0 Å². The van der Waals surface area contributed by atoms with Crippen LogP contribution in [-0.2, 0) is 19.7 Å². The monoisotopic (exact) mass is 309 g/mol. The molecule has 2 N–H and O–H groups in total. The summed E-state index contributed by atoms with van der Waals surface area (Å²) in [5.41, 5.74) is 0. The van der Waals surface area contributed by atoms with Gasteiger partial charge in [-0.3, -0.25) is 9.63 Å². The van der Waals surface area contributed by atoms with Crippen LogP contribution >= 0.6 is 0 Å². The van der Waals surface area contributed by atoms with E-state index in [9.17, 15) is 18.3 Å². The Morgan fingerprint density at radius 3 is 2.50 bits per heavy atom.